The second kappa shape index (κ2) is 6.85. The Morgan fingerprint density at radius 1 is 1.56 bits per heavy atom. The summed E-state index contributed by atoms with van der Waals surface area (Å²) in [6, 6.07) is 0.397. The Kier molecular flexibility index (Phi) is 5.76. The van der Waals surface area contributed by atoms with E-state index in [-0.39, 0.29) is 5.25 Å². The highest BCUT2D eigenvalue weighted by atomic mass is 35.5. The van der Waals surface area contributed by atoms with Crippen LogP contribution in [-0.4, -0.2) is 38.3 Å². The molecular weight excluding hydrogens is 250 g/mol. The summed E-state index contributed by atoms with van der Waals surface area (Å²) in [7, 11) is -0.790. The van der Waals surface area contributed by atoms with Crippen molar-refractivity contribution in [2.75, 3.05) is 24.0 Å². The topological polar surface area (TPSA) is 68.0 Å². The van der Waals surface area contributed by atoms with Gasteiger partial charge in [-0.05, 0) is 6.42 Å². The number of aromatic nitrogens is 2. The number of rotatable bonds is 7. The average Bonchev–Trinajstić information content (AvgIpc) is 2.66. The van der Waals surface area contributed by atoms with Gasteiger partial charge in [0.05, 0.1) is 0 Å². The van der Waals surface area contributed by atoms with Crippen LogP contribution in [-0.2, 0) is 17.2 Å². The first-order valence-electron chi connectivity index (χ1n) is 5.08. The third-order valence-electron chi connectivity index (χ3n) is 2.17. The molecular formula is C9H16ClN3O2S. The van der Waals surface area contributed by atoms with Crippen molar-refractivity contribution < 1.29 is 8.63 Å². The van der Waals surface area contributed by atoms with Crippen LogP contribution in [0, 0.1) is 0 Å². The van der Waals surface area contributed by atoms with Crippen molar-refractivity contribution >= 4 is 28.4 Å². The molecule has 16 heavy (non-hydrogen) atoms. The maximum Gasteiger partial charge on any atom is 0.315 e. The van der Waals surface area contributed by atoms with Crippen LogP contribution < -0.4 is 5.32 Å². The van der Waals surface area contributed by atoms with Gasteiger partial charge in [0.15, 0.2) is 0 Å². The van der Waals surface area contributed by atoms with Gasteiger partial charge in [0, 0.05) is 41.2 Å². The molecule has 0 fully saturated rings. The predicted molar refractivity (Wildman–Crippen MR) is 65.4 cm³/mol. The van der Waals surface area contributed by atoms with Crippen molar-refractivity contribution in [3.05, 3.63) is 5.89 Å². The molecule has 1 aromatic heterocycles. The summed E-state index contributed by atoms with van der Waals surface area (Å²) in [5.74, 6) is 0.998. The highest BCUT2D eigenvalue weighted by molar-refractivity contribution is 7.84. The molecule has 0 radical (unpaired) electrons. The van der Waals surface area contributed by atoms with Crippen molar-refractivity contribution in [1.82, 2.24) is 10.2 Å². The third kappa shape index (κ3) is 4.49. The molecule has 2 unspecified atom stereocenters. The lowest BCUT2D eigenvalue weighted by atomic mass is 10.3. The Bertz CT molecular complexity index is 345. The monoisotopic (exact) mass is 265 g/mol. The molecule has 1 heterocycles. The summed E-state index contributed by atoms with van der Waals surface area (Å²) >= 11 is 5.54. The number of nitrogens with zero attached hydrogens (tertiary/aromatic N) is 2. The van der Waals surface area contributed by atoms with Gasteiger partial charge in [-0.15, -0.1) is 16.7 Å². The largest absolute Gasteiger partial charge is 0.408 e. The van der Waals surface area contributed by atoms with Crippen LogP contribution in [0.4, 0.5) is 6.01 Å². The standard InChI is InChI=1S/C9H16ClN3O2S/c1-7(16(2)14)4-6-11-9-13-12-8(15-9)3-5-10/h7H,3-6H2,1-2H3,(H,11,13). The Labute approximate surface area is 102 Å². The molecule has 0 aliphatic heterocycles. The summed E-state index contributed by atoms with van der Waals surface area (Å²) in [5, 5.41) is 10.8. The maximum absolute atomic E-state index is 11.1. The molecule has 0 bridgehead atoms. The summed E-state index contributed by atoms with van der Waals surface area (Å²) in [6.45, 7) is 2.62. The molecule has 1 aromatic rings. The zero-order valence-electron chi connectivity index (χ0n) is 9.40. The van der Waals surface area contributed by atoms with Gasteiger partial charge in [0.2, 0.25) is 5.89 Å². The highest BCUT2D eigenvalue weighted by Crippen LogP contribution is 2.07. The molecule has 0 aliphatic rings. The fourth-order valence-corrected chi connectivity index (χ4v) is 1.67. The first kappa shape index (κ1) is 13.4. The van der Waals surface area contributed by atoms with Crippen molar-refractivity contribution in [3.8, 4) is 0 Å². The molecule has 92 valence electrons. The number of anilines is 1. The van der Waals surface area contributed by atoms with Gasteiger partial charge < -0.3 is 9.73 Å². The van der Waals surface area contributed by atoms with Crippen LogP contribution in [0.5, 0.6) is 0 Å². The van der Waals surface area contributed by atoms with Crippen molar-refractivity contribution in [3.63, 3.8) is 0 Å². The van der Waals surface area contributed by atoms with E-state index in [2.05, 4.69) is 15.5 Å². The molecule has 0 saturated heterocycles. The van der Waals surface area contributed by atoms with Gasteiger partial charge in [0.25, 0.3) is 0 Å². The molecule has 2 atom stereocenters. The molecule has 0 saturated carbocycles. The number of alkyl halides is 1. The molecule has 0 aromatic carbocycles. The van der Waals surface area contributed by atoms with E-state index in [1.54, 1.807) is 6.26 Å². The van der Waals surface area contributed by atoms with Gasteiger partial charge in [0.1, 0.15) is 0 Å². The number of aryl methyl sites for hydroxylation is 1. The predicted octanol–water partition coefficient (Wildman–Crippen LogP) is 1.42. The van der Waals surface area contributed by atoms with Crippen molar-refractivity contribution in [2.24, 2.45) is 0 Å². The minimum atomic E-state index is -0.790. The minimum Gasteiger partial charge on any atom is -0.408 e. The van der Waals surface area contributed by atoms with Crippen LogP contribution in [0.15, 0.2) is 4.42 Å². The average molecular weight is 266 g/mol. The normalized spacial score (nSPS) is 14.7. The van der Waals surface area contributed by atoms with Crippen molar-refractivity contribution in [2.45, 2.75) is 25.0 Å². The summed E-state index contributed by atoms with van der Waals surface area (Å²) in [6.07, 6.45) is 3.08. The molecule has 0 aliphatic carbocycles. The van der Waals surface area contributed by atoms with E-state index in [1.165, 1.54) is 0 Å². The quantitative estimate of drug-likeness (QED) is 0.755. The summed E-state index contributed by atoms with van der Waals surface area (Å²) < 4.78 is 16.4. The molecule has 5 nitrogen and oxygen atoms in total. The van der Waals surface area contributed by atoms with Gasteiger partial charge in [-0.2, -0.15) is 0 Å². The van der Waals surface area contributed by atoms with Crippen molar-refractivity contribution in [1.29, 1.82) is 0 Å². The number of hydrogen-bond donors (Lipinski definition) is 1. The molecule has 7 heteroatoms. The molecule has 1 rings (SSSR count). The van der Waals surface area contributed by atoms with Gasteiger partial charge in [-0.1, -0.05) is 12.0 Å². The minimum absolute atomic E-state index is 0.165. The van der Waals surface area contributed by atoms with E-state index >= 15 is 0 Å². The van der Waals surface area contributed by atoms with Gasteiger partial charge in [-0.3, -0.25) is 4.21 Å². The second-order valence-electron chi connectivity index (χ2n) is 3.46. The highest BCUT2D eigenvalue weighted by Gasteiger charge is 2.08. The third-order valence-corrected chi connectivity index (χ3v) is 3.73. The number of halogens is 1. The SMILES string of the molecule is CC(CCNc1nnc(CCCl)o1)S(C)=O. The van der Waals surface area contributed by atoms with Gasteiger partial charge in [-0.25, -0.2) is 0 Å². The van der Waals surface area contributed by atoms with Gasteiger partial charge >= 0.3 is 6.01 Å². The molecule has 1 N–H and O–H groups in total. The summed E-state index contributed by atoms with van der Waals surface area (Å²) in [5.41, 5.74) is 0. The number of hydrogen-bond acceptors (Lipinski definition) is 5. The zero-order valence-corrected chi connectivity index (χ0v) is 11.0. The van der Waals surface area contributed by atoms with E-state index in [9.17, 15) is 4.21 Å². The smallest absolute Gasteiger partial charge is 0.315 e. The van der Waals surface area contributed by atoms with Crippen LogP contribution in [0.3, 0.4) is 0 Å². The van der Waals surface area contributed by atoms with Crippen LogP contribution >= 0.6 is 11.6 Å². The Morgan fingerprint density at radius 2 is 2.31 bits per heavy atom. The van der Waals surface area contributed by atoms with Crippen LogP contribution in [0.1, 0.15) is 19.2 Å². The molecule has 0 amide bonds. The molecule has 0 spiro atoms. The van der Waals surface area contributed by atoms with E-state index < -0.39 is 10.8 Å². The van der Waals surface area contributed by atoms with E-state index in [0.29, 0.717) is 30.8 Å². The van der Waals surface area contributed by atoms with Crippen LogP contribution in [0.25, 0.3) is 0 Å². The fourth-order valence-electron chi connectivity index (χ4n) is 1.06. The lowest BCUT2D eigenvalue weighted by Gasteiger charge is -2.07. The second-order valence-corrected chi connectivity index (χ2v) is 5.64. The maximum atomic E-state index is 11.1. The Hall–Kier alpha value is -0.620. The van der Waals surface area contributed by atoms with E-state index in [0.717, 1.165) is 6.42 Å². The fraction of sp³-hybridized carbons (Fsp3) is 0.778. The summed E-state index contributed by atoms with van der Waals surface area (Å²) in [4.78, 5) is 0. The van der Waals surface area contributed by atoms with E-state index in [1.807, 2.05) is 6.92 Å². The first-order chi connectivity index (χ1) is 7.63. The first-order valence-corrected chi connectivity index (χ1v) is 7.23. The van der Waals surface area contributed by atoms with E-state index in [4.69, 9.17) is 16.0 Å². The Balaban J connectivity index is 2.29. The van der Waals surface area contributed by atoms with Crippen LogP contribution in [0.2, 0.25) is 0 Å². The number of nitrogens with one attached hydrogen (secondary N) is 1. The Morgan fingerprint density at radius 3 is 2.94 bits per heavy atom. The lowest BCUT2D eigenvalue weighted by Crippen LogP contribution is -2.14. The zero-order chi connectivity index (χ0) is 12.0. The lowest BCUT2D eigenvalue weighted by molar-refractivity contribution is 0.511.